The Balaban J connectivity index is 1.93. The third kappa shape index (κ3) is 4.41. The molecule has 1 aromatic carbocycles. The second-order valence-corrected chi connectivity index (χ2v) is 6.29. The van der Waals surface area contributed by atoms with Crippen LogP contribution in [0.4, 0.5) is 5.69 Å². The molecule has 0 saturated heterocycles. The largest absolute Gasteiger partial charge is 0.454 e. The van der Waals surface area contributed by atoms with Gasteiger partial charge in [-0.25, -0.2) is 0 Å². The van der Waals surface area contributed by atoms with E-state index >= 15 is 0 Å². The van der Waals surface area contributed by atoms with Crippen molar-refractivity contribution in [3.63, 3.8) is 0 Å². The summed E-state index contributed by atoms with van der Waals surface area (Å²) in [5.74, 6) is -0.745. The number of carbonyl (C=O) groups is 3. The SMILES string of the molecule is CC(C)C(=O)Nc1ccc(C(=O)C(C)OC(=O)C2CCC2)cc1. The molecule has 1 fully saturated rings. The van der Waals surface area contributed by atoms with E-state index in [9.17, 15) is 14.4 Å². The maximum absolute atomic E-state index is 12.3. The lowest BCUT2D eigenvalue weighted by atomic mass is 9.85. The van der Waals surface area contributed by atoms with Crippen molar-refractivity contribution in [1.82, 2.24) is 0 Å². The molecular formula is C18H23NO4. The zero-order chi connectivity index (χ0) is 17.0. The van der Waals surface area contributed by atoms with E-state index in [0.29, 0.717) is 11.3 Å². The maximum atomic E-state index is 12.3. The molecular weight excluding hydrogens is 294 g/mol. The lowest BCUT2D eigenvalue weighted by Gasteiger charge is -2.24. The number of rotatable bonds is 6. The van der Waals surface area contributed by atoms with E-state index < -0.39 is 6.10 Å². The zero-order valence-electron chi connectivity index (χ0n) is 13.8. The minimum Gasteiger partial charge on any atom is -0.454 e. The van der Waals surface area contributed by atoms with Crippen LogP contribution in [0.25, 0.3) is 0 Å². The number of amides is 1. The minimum absolute atomic E-state index is 0.0427. The van der Waals surface area contributed by atoms with Gasteiger partial charge in [0.2, 0.25) is 11.7 Å². The fourth-order valence-corrected chi connectivity index (χ4v) is 2.21. The van der Waals surface area contributed by atoms with E-state index in [-0.39, 0.29) is 29.5 Å². The third-order valence-electron chi connectivity index (χ3n) is 4.06. The van der Waals surface area contributed by atoms with Crippen molar-refractivity contribution >= 4 is 23.3 Å². The molecule has 5 nitrogen and oxygen atoms in total. The van der Waals surface area contributed by atoms with Crippen LogP contribution in [-0.4, -0.2) is 23.8 Å². The molecule has 23 heavy (non-hydrogen) atoms. The second-order valence-electron chi connectivity index (χ2n) is 6.29. The van der Waals surface area contributed by atoms with Crippen LogP contribution >= 0.6 is 0 Å². The van der Waals surface area contributed by atoms with Crippen molar-refractivity contribution in [2.45, 2.75) is 46.1 Å². The monoisotopic (exact) mass is 317 g/mol. The molecule has 1 N–H and O–H groups in total. The summed E-state index contributed by atoms with van der Waals surface area (Å²) in [4.78, 5) is 35.7. The summed E-state index contributed by atoms with van der Waals surface area (Å²) in [6, 6.07) is 6.61. The number of benzene rings is 1. The molecule has 1 aliphatic carbocycles. The summed E-state index contributed by atoms with van der Waals surface area (Å²) < 4.78 is 5.24. The molecule has 0 bridgehead atoms. The molecule has 2 rings (SSSR count). The van der Waals surface area contributed by atoms with Crippen molar-refractivity contribution in [2.24, 2.45) is 11.8 Å². The fourth-order valence-electron chi connectivity index (χ4n) is 2.21. The fraction of sp³-hybridized carbons (Fsp3) is 0.500. The molecule has 1 unspecified atom stereocenters. The number of hydrogen-bond acceptors (Lipinski definition) is 4. The zero-order valence-corrected chi connectivity index (χ0v) is 13.8. The highest BCUT2D eigenvalue weighted by atomic mass is 16.5. The molecule has 1 saturated carbocycles. The third-order valence-corrected chi connectivity index (χ3v) is 4.06. The molecule has 0 spiro atoms. The van der Waals surface area contributed by atoms with Gasteiger partial charge in [0.1, 0.15) is 0 Å². The Morgan fingerprint density at radius 1 is 1.09 bits per heavy atom. The summed E-state index contributed by atoms with van der Waals surface area (Å²) in [5, 5.41) is 2.76. The summed E-state index contributed by atoms with van der Waals surface area (Å²) >= 11 is 0. The van der Waals surface area contributed by atoms with Gasteiger partial charge in [-0.3, -0.25) is 14.4 Å². The normalized spacial score (nSPS) is 15.7. The predicted molar refractivity (Wildman–Crippen MR) is 87.1 cm³/mol. The van der Waals surface area contributed by atoms with Crippen LogP contribution in [0.5, 0.6) is 0 Å². The van der Waals surface area contributed by atoms with Crippen molar-refractivity contribution < 1.29 is 19.1 Å². The maximum Gasteiger partial charge on any atom is 0.309 e. The minimum atomic E-state index is -0.792. The van der Waals surface area contributed by atoms with Gasteiger partial charge >= 0.3 is 5.97 Å². The first-order chi connectivity index (χ1) is 10.9. The van der Waals surface area contributed by atoms with Gasteiger partial charge in [-0.2, -0.15) is 0 Å². The molecule has 0 radical (unpaired) electrons. The highest BCUT2D eigenvalue weighted by molar-refractivity contribution is 6.01. The topological polar surface area (TPSA) is 72.5 Å². The molecule has 1 aromatic rings. The summed E-state index contributed by atoms with van der Waals surface area (Å²) in [6.07, 6.45) is 1.96. The van der Waals surface area contributed by atoms with Gasteiger partial charge in [0.25, 0.3) is 0 Å². The van der Waals surface area contributed by atoms with Gasteiger partial charge in [0, 0.05) is 17.2 Å². The number of ether oxygens (including phenoxy) is 1. The van der Waals surface area contributed by atoms with Crippen molar-refractivity contribution in [3.05, 3.63) is 29.8 Å². The Hall–Kier alpha value is -2.17. The first kappa shape index (κ1) is 17.2. The van der Waals surface area contributed by atoms with Crippen LogP contribution in [0, 0.1) is 11.8 Å². The van der Waals surface area contributed by atoms with Crippen molar-refractivity contribution in [1.29, 1.82) is 0 Å². The number of hydrogen-bond donors (Lipinski definition) is 1. The standard InChI is InChI=1S/C18H23NO4/c1-11(2)17(21)19-15-9-7-13(8-10-15)16(20)12(3)23-18(22)14-5-4-6-14/h7-12,14H,4-6H2,1-3H3,(H,19,21). The first-order valence-corrected chi connectivity index (χ1v) is 8.04. The number of nitrogens with one attached hydrogen (secondary N) is 1. The van der Waals surface area contributed by atoms with E-state index in [0.717, 1.165) is 19.3 Å². The Labute approximate surface area is 136 Å². The van der Waals surface area contributed by atoms with Gasteiger partial charge in [0.05, 0.1) is 5.92 Å². The molecule has 1 aliphatic rings. The number of esters is 1. The molecule has 1 atom stereocenters. The molecule has 1 amide bonds. The van der Waals surface area contributed by atoms with Gasteiger partial charge in [-0.05, 0) is 44.0 Å². The van der Waals surface area contributed by atoms with Crippen LogP contribution in [-0.2, 0) is 14.3 Å². The van der Waals surface area contributed by atoms with Gasteiger partial charge in [-0.1, -0.05) is 20.3 Å². The molecule has 124 valence electrons. The smallest absolute Gasteiger partial charge is 0.309 e. The van der Waals surface area contributed by atoms with Crippen molar-refractivity contribution in [2.75, 3.05) is 5.32 Å². The average molecular weight is 317 g/mol. The number of anilines is 1. The lowest BCUT2D eigenvalue weighted by molar-refractivity contribution is -0.154. The van der Waals surface area contributed by atoms with Gasteiger partial charge in [-0.15, -0.1) is 0 Å². The van der Waals surface area contributed by atoms with Crippen molar-refractivity contribution in [3.8, 4) is 0 Å². The van der Waals surface area contributed by atoms with Gasteiger partial charge < -0.3 is 10.1 Å². The Morgan fingerprint density at radius 3 is 2.17 bits per heavy atom. The quantitative estimate of drug-likeness (QED) is 0.646. The Kier molecular flexibility index (Phi) is 5.53. The second kappa shape index (κ2) is 7.40. The number of carbonyl (C=O) groups excluding carboxylic acids is 3. The van der Waals surface area contributed by atoms with E-state index in [1.165, 1.54) is 0 Å². The highest BCUT2D eigenvalue weighted by Gasteiger charge is 2.29. The molecule has 5 heteroatoms. The van der Waals surface area contributed by atoms with Crippen LogP contribution in [0.15, 0.2) is 24.3 Å². The summed E-state index contributed by atoms with van der Waals surface area (Å²) in [5.41, 5.74) is 1.10. The van der Waals surface area contributed by atoms with E-state index in [1.54, 1.807) is 31.2 Å². The first-order valence-electron chi connectivity index (χ1n) is 8.04. The average Bonchev–Trinajstić information content (AvgIpc) is 2.45. The Morgan fingerprint density at radius 2 is 1.70 bits per heavy atom. The van der Waals surface area contributed by atoms with Crippen LogP contribution in [0.2, 0.25) is 0 Å². The Bertz CT molecular complexity index is 588. The molecule has 0 aromatic heterocycles. The molecule has 0 heterocycles. The lowest BCUT2D eigenvalue weighted by Crippen LogP contribution is -2.31. The number of Topliss-reactive ketones (excluding diaryl/α,β-unsaturated/α-hetero) is 1. The number of ketones is 1. The van der Waals surface area contributed by atoms with Crippen LogP contribution in [0.1, 0.15) is 50.4 Å². The van der Waals surface area contributed by atoms with Gasteiger partial charge in [0.15, 0.2) is 6.10 Å². The summed E-state index contributed by atoms with van der Waals surface area (Å²) in [7, 11) is 0. The molecule has 0 aliphatic heterocycles. The van der Waals surface area contributed by atoms with Crippen LogP contribution < -0.4 is 5.32 Å². The van der Waals surface area contributed by atoms with Crippen LogP contribution in [0.3, 0.4) is 0 Å². The highest BCUT2D eigenvalue weighted by Crippen LogP contribution is 2.28. The van der Waals surface area contributed by atoms with E-state index in [4.69, 9.17) is 4.74 Å². The van der Waals surface area contributed by atoms with E-state index in [1.807, 2.05) is 13.8 Å². The predicted octanol–water partition coefficient (Wildman–Crippen LogP) is 3.20. The summed E-state index contributed by atoms with van der Waals surface area (Å²) in [6.45, 7) is 5.21. The van der Waals surface area contributed by atoms with E-state index in [2.05, 4.69) is 5.32 Å².